The summed E-state index contributed by atoms with van der Waals surface area (Å²) >= 11 is 7.86. The highest BCUT2D eigenvalue weighted by molar-refractivity contribution is 14.1. The SMILES string of the molecule is FC(F)(F)CCn1c(CCl)nc2cc(I)ccc21. The molecule has 0 spiro atoms. The van der Waals surface area contributed by atoms with Crippen molar-refractivity contribution in [3.8, 4) is 0 Å². The van der Waals surface area contributed by atoms with Crippen LogP contribution in [0.4, 0.5) is 13.2 Å². The number of hydrogen-bond acceptors (Lipinski definition) is 1. The molecule has 2 aromatic rings. The molecule has 2 rings (SSSR count). The number of imidazole rings is 1. The van der Waals surface area contributed by atoms with Gasteiger partial charge in [-0.25, -0.2) is 4.98 Å². The zero-order chi connectivity index (χ0) is 13.3. The van der Waals surface area contributed by atoms with Gasteiger partial charge in [0, 0.05) is 10.1 Å². The minimum Gasteiger partial charge on any atom is -0.327 e. The Bertz CT molecular complexity index is 565. The van der Waals surface area contributed by atoms with Crippen molar-refractivity contribution >= 4 is 45.2 Å². The lowest BCUT2D eigenvalue weighted by Crippen LogP contribution is -2.13. The maximum Gasteiger partial charge on any atom is 0.390 e. The van der Waals surface area contributed by atoms with Gasteiger partial charge in [-0.1, -0.05) is 0 Å². The number of benzene rings is 1. The molecule has 0 aliphatic carbocycles. The highest BCUT2D eigenvalue weighted by Crippen LogP contribution is 2.25. The van der Waals surface area contributed by atoms with Gasteiger partial charge in [0.2, 0.25) is 0 Å². The third-order valence-electron chi connectivity index (χ3n) is 2.53. The third-order valence-corrected chi connectivity index (χ3v) is 3.44. The van der Waals surface area contributed by atoms with E-state index in [0.29, 0.717) is 16.9 Å². The van der Waals surface area contributed by atoms with Crippen molar-refractivity contribution in [2.24, 2.45) is 0 Å². The van der Waals surface area contributed by atoms with Crippen LogP contribution in [0.1, 0.15) is 12.2 Å². The Morgan fingerprint density at radius 1 is 1.33 bits per heavy atom. The fourth-order valence-electron chi connectivity index (χ4n) is 1.74. The average molecular weight is 389 g/mol. The van der Waals surface area contributed by atoms with E-state index in [1.807, 2.05) is 12.1 Å². The van der Waals surface area contributed by atoms with E-state index in [9.17, 15) is 13.2 Å². The predicted octanol–water partition coefficient (Wildman–Crippen LogP) is 4.33. The van der Waals surface area contributed by atoms with Gasteiger partial charge >= 0.3 is 6.18 Å². The Morgan fingerprint density at radius 2 is 2.06 bits per heavy atom. The lowest BCUT2D eigenvalue weighted by Gasteiger charge is -2.10. The molecule has 0 saturated carbocycles. The summed E-state index contributed by atoms with van der Waals surface area (Å²) in [6, 6.07) is 5.44. The number of aryl methyl sites for hydroxylation is 1. The highest BCUT2D eigenvalue weighted by Gasteiger charge is 2.27. The first kappa shape index (κ1) is 13.9. The number of nitrogens with zero attached hydrogens (tertiary/aromatic N) is 2. The van der Waals surface area contributed by atoms with Crippen LogP contribution in [0.15, 0.2) is 18.2 Å². The Balaban J connectivity index is 2.41. The second-order valence-electron chi connectivity index (χ2n) is 3.81. The molecule has 0 aliphatic heterocycles. The van der Waals surface area contributed by atoms with Crippen molar-refractivity contribution in [2.75, 3.05) is 0 Å². The molecule has 0 bridgehead atoms. The minimum absolute atomic E-state index is 0.100. The predicted molar refractivity (Wildman–Crippen MR) is 72.7 cm³/mol. The van der Waals surface area contributed by atoms with Crippen LogP contribution in [-0.4, -0.2) is 15.7 Å². The van der Waals surface area contributed by atoms with Gasteiger partial charge in [-0.3, -0.25) is 0 Å². The topological polar surface area (TPSA) is 17.8 Å². The monoisotopic (exact) mass is 388 g/mol. The van der Waals surface area contributed by atoms with Crippen LogP contribution >= 0.6 is 34.2 Å². The quantitative estimate of drug-likeness (QED) is 0.565. The molecule has 18 heavy (non-hydrogen) atoms. The van der Waals surface area contributed by atoms with Gasteiger partial charge in [0.1, 0.15) is 5.82 Å². The Labute approximate surface area is 120 Å². The van der Waals surface area contributed by atoms with Crippen molar-refractivity contribution < 1.29 is 13.2 Å². The molecule has 0 unspecified atom stereocenters. The van der Waals surface area contributed by atoms with E-state index in [-0.39, 0.29) is 12.4 Å². The zero-order valence-corrected chi connectivity index (χ0v) is 12.1. The Morgan fingerprint density at radius 3 is 2.67 bits per heavy atom. The second kappa shape index (κ2) is 5.24. The summed E-state index contributed by atoms with van der Waals surface area (Å²) in [5, 5.41) is 0. The molecule has 1 aromatic heterocycles. The molecule has 0 aliphatic rings. The maximum atomic E-state index is 12.3. The molecule has 2 nitrogen and oxygen atoms in total. The fraction of sp³-hybridized carbons (Fsp3) is 0.364. The van der Waals surface area contributed by atoms with Crippen molar-refractivity contribution in [1.29, 1.82) is 0 Å². The van der Waals surface area contributed by atoms with Crippen molar-refractivity contribution in [3.05, 3.63) is 27.6 Å². The smallest absolute Gasteiger partial charge is 0.327 e. The summed E-state index contributed by atoms with van der Waals surface area (Å²) in [6.45, 7) is -0.150. The van der Waals surface area contributed by atoms with Gasteiger partial charge in [-0.2, -0.15) is 13.2 Å². The fourth-order valence-corrected chi connectivity index (χ4v) is 2.42. The normalized spacial score (nSPS) is 12.3. The number of rotatable bonds is 3. The molecule has 7 heteroatoms. The van der Waals surface area contributed by atoms with E-state index < -0.39 is 12.6 Å². The molecule has 0 radical (unpaired) electrons. The Kier molecular flexibility index (Phi) is 4.05. The first-order valence-electron chi connectivity index (χ1n) is 5.18. The van der Waals surface area contributed by atoms with Gasteiger partial charge < -0.3 is 4.57 Å². The molecule has 0 atom stereocenters. The Hall–Kier alpha value is -0.500. The summed E-state index contributed by atoms with van der Waals surface area (Å²) in [6.07, 6.45) is -5.06. The highest BCUT2D eigenvalue weighted by atomic mass is 127. The van der Waals surface area contributed by atoms with Gasteiger partial charge in [0.05, 0.1) is 23.3 Å². The number of halogens is 5. The first-order chi connectivity index (χ1) is 8.40. The van der Waals surface area contributed by atoms with Crippen LogP contribution in [0.25, 0.3) is 11.0 Å². The van der Waals surface area contributed by atoms with Gasteiger partial charge in [-0.05, 0) is 40.8 Å². The van der Waals surface area contributed by atoms with Crippen LogP contribution < -0.4 is 0 Å². The molecule has 1 heterocycles. The van der Waals surface area contributed by atoms with Gasteiger partial charge in [0.25, 0.3) is 0 Å². The largest absolute Gasteiger partial charge is 0.390 e. The van der Waals surface area contributed by atoms with Gasteiger partial charge in [-0.15, -0.1) is 11.6 Å². The lowest BCUT2D eigenvalue weighted by molar-refractivity contribution is -0.136. The average Bonchev–Trinajstić information content (AvgIpc) is 2.62. The van der Waals surface area contributed by atoms with Crippen molar-refractivity contribution in [3.63, 3.8) is 0 Å². The zero-order valence-electron chi connectivity index (χ0n) is 9.14. The van der Waals surface area contributed by atoms with Gasteiger partial charge in [0.15, 0.2) is 0 Å². The van der Waals surface area contributed by atoms with Crippen LogP contribution in [0, 0.1) is 3.57 Å². The van der Waals surface area contributed by atoms with E-state index in [0.717, 1.165) is 3.57 Å². The standard InChI is InChI=1S/C11H9ClF3IN2/c12-6-10-17-8-5-7(16)1-2-9(8)18(10)4-3-11(13,14)15/h1-2,5H,3-4,6H2. The first-order valence-corrected chi connectivity index (χ1v) is 6.79. The summed E-state index contributed by atoms with van der Waals surface area (Å²) in [5.41, 5.74) is 1.37. The second-order valence-corrected chi connectivity index (χ2v) is 5.32. The number of hydrogen-bond donors (Lipinski definition) is 0. The van der Waals surface area contributed by atoms with Crippen LogP contribution in [0.3, 0.4) is 0 Å². The molecule has 1 aromatic carbocycles. The van der Waals surface area contributed by atoms with Crippen molar-refractivity contribution in [1.82, 2.24) is 9.55 Å². The van der Waals surface area contributed by atoms with Crippen molar-refractivity contribution in [2.45, 2.75) is 25.0 Å². The molecule has 0 fully saturated rings. The third kappa shape index (κ3) is 3.09. The van der Waals surface area contributed by atoms with Crippen LogP contribution in [0.2, 0.25) is 0 Å². The minimum atomic E-state index is -4.18. The molecule has 98 valence electrons. The molecule has 0 amide bonds. The van der Waals surface area contributed by atoms with E-state index >= 15 is 0 Å². The molecular formula is C11H9ClF3IN2. The maximum absolute atomic E-state index is 12.3. The number of alkyl halides is 4. The summed E-state index contributed by atoms with van der Waals surface area (Å²) < 4.78 is 39.4. The van der Waals surface area contributed by atoms with E-state index in [1.165, 1.54) is 4.57 Å². The van der Waals surface area contributed by atoms with E-state index in [4.69, 9.17) is 11.6 Å². The lowest BCUT2D eigenvalue weighted by atomic mass is 10.3. The van der Waals surface area contributed by atoms with E-state index in [2.05, 4.69) is 27.6 Å². The number of aromatic nitrogens is 2. The van der Waals surface area contributed by atoms with E-state index in [1.54, 1.807) is 6.07 Å². The molecular weight excluding hydrogens is 379 g/mol. The summed E-state index contributed by atoms with van der Waals surface area (Å²) in [7, 11) is 0. The number of fused-ring (bicyclic) bond motifs is 1. The molecule has 0 saturated heterocycles. The molecule has 0 N–H and O–H groups in total. The summed E-state index contributed by atoms with van der Waals surface area (Å²) in [4.78, 5) is 4.25. The van der Waals surface area contributed by atoms with Crippen LogP contribution in [0.5, 0.6) is 0 Å². The summed E-state index contributed by atoms with van der Waals surface area (Å²) in [5.74, 6) is 0.571. The van der Waals surface area contributed by atoms with Crippen LogP contribution in [-0.2, 0) is 12.4 Å².